The molecule has 6 nitrogen and oxygen atoms in total. The summed E-state index contributed by atoms with van der Waals surface area (Å²) in [7, 11) is 4.09. The van der Waals surface area contributed by atoms with E-state index in [1.807, 2.05) is 24.1 Å². The first-order valence-electron chi connectivity index (χ1n) is 9.78. The van der Waals surface area contributed by atoms with Crippen molar-refractivity contribution in [2.45, 2.75) is 31.7 Å². The summed E-state index contributed by atoms with van der Waals surface area (Å²) in [6, 6.07) is 6.28. The molecule has 0 radical (unpaired) electrons. The number of nitrogens with zero attached hydrogens (tertiary/aromatic N) is 4. The summed E-state index contributed by atoms with van der Waals surface area (Å²) in [5.74, 6) is 1.20. The number of hydrogen-bond donors (Lipinski definition) is 0. The van der Waals surface area contributed by atoms with Crippen molar-refractivity contribution >= 4 is 34.3 Å². The minimum absolute atomic E-state index is 0.0965. The van der Waals surface area contributed by atoms with Gasteiger partial charge >= 0.3 is 0 Å². The van der Waals surface area contributed by atoms with Crippen LogP contribution in [-0.4, -0.2) is 67.2 Å². The Morgan fingerprint density at radius 2 is 1.96 bits per heavy atom. The Bertz CT molecular complexity index is 811. The highest BCUT2D eigenvalue weighted by Crippen LogP contribution is 2.31. The normalized spacial score (nSPS) is 18.4. The van der Waals surface area contributed by atoms with Gasteiger partial charge in [-0.25, -0.2) is 0 Å². The number of likely N-dealkylation sites (N-methyl/N-ethyl adjacent to an activating group) is 2. The third-order valence-electron chi connectivity index (χ3n) is 5.89. The van der Waals surface area contributed by atoms with E-state index in [4.69, 9.17) is 16.1 Å². The van der Waals surface area contributed by atoms with Gasteiger partial charge in [-0.2, -0.15) is 0 Å². The number of halogens is 1. The summed E-state index contributed by atoms with van der Waals surface area (Å²) in [6.45, 7) is 3.37. The Labute approximate surface area is 165 Å². The van der Waals surface area contributed by atoms with Crippen LogP contribution in [0.3, 0.4) is 0 Å². The molecule has 2 aliphatic rings. The molecule has 27 heavy (non-hydrogen) atoms. The van der Waals surface area contributed by atoms with E-state index in [0.717, 1.165) is 61.8 Å². The van der Waals surface area contributed by atoms with Gasteiger partial charge in [-0.05, 0) is 50.9 Å². The summed E-state index contributed by atoms with van der Waals surface area (Å²) in [4.78, 5) is 19.3. The Hall–Kier alpha value is -1.79. The van der Waals surface area contributed by atoms with Crippen LogP contribution in [0, 0.1) is 5.92 Å². The van der Waals surface area contributed by atoms with Gasteiger partial charge in [0.2, 0.25) is 5.91 Å². The van der Waals surface area contributed by atoms with Crippen LogP contribution in [-0.2, 0) is 4.79 Å². The monoisotopic (exact) mass is 390 g/mol. The maximum absolute atomic E-state index is 12.8. The summed E-state index contributed by atoms with van der Waals surface area (Å²) in [5, 5.41) is 5.84. The number of benzene rings is 1. The van der Waals surface area contributed by atoms with E-state index in [-0.39, 0.29) is 11.8 Å². The Kier molecular flexibility index (Phi) is 5.28. The number of carbonyl (C=O) groups is 1. The number of piperidine rings is 1. The first kappa shape index (κ1) is 18.6. The number of rotatable bonds is 6. The summed E-state index contributed by atoms with van der Waals surface area (Å²) >= 11 is 6.12. The molecule has 1 aromatic heterocycles. The quantitative estimate of drug-likeness (QED) is 0.757. The van der Waals surface area contributed by atoms with Crippen molar-refractivity contribution in [3.05, 3.63) is 23.2 Å². The van der Waals surface area contributed by atoms with Gasteiger partial charge in [0.1, 0.15) is 0 Å². The van der Waals surface area contributed by atoms with Gasteiger partial charge < -0.3 is 19.2 Å². The van der Waals surface area contributed by atoms with Crippen LogP contribution < -0.4 is 4.90 Å². The molecule has 1 saturated carbocycles. The fourth-order valence-electron chi connectivity index (χ4n) is 3.89. The SMILES string of the molecule is CN(CCN(C)C1CC1)C(=O)C1CCN(c2noc3ccc(Cl)cc23)CC1. The average Bonchev–Trinajstić information content (AvgIpc) is 3.45. The molecule has 0 N–H and O–H groups in total. The molecular formula is C20H27ClN4O2. The van der Waals surface area contributed by atoms with Crippen molar-refractivity contribution in [2.24, 2.45) is 5.92 Å². The molecule has 7 heteroatoms. The maximum atomic E-state index is 12.8. The van der Waals surface area contributed by atoms with Crippen LogP contribution in [0.15, 0.2) is 22.7 Å². The zero-order chi connectivity index (χ0) is 19.0. The van der Waals surface area contributed by atoms with Crippen LogP contribution in [0.1, 0.15) is 25.7 Å². The topological polar surface area (TPSA) is 52.8 Å². The predicted molar refractivity (Wildman–Crippen MR) is 107 cm³/mol. The molecule has 1 aliphatic heterocycles. The number of aromatic nitrogens is 1. The molecule has 2 aromatic rings. The fourth-order valence-corrected chi connectivity index (χ4v) is 4.06. The molecular weight excluding hydrogens is 364 g/mol. The Morgan fingerprint density at radius 1 is 1.22 bits per heavy atom. The highest BCUT2D eigenvalue weighted by atomic mass is 35.5. The lowest BCUT2D eigenvalue weighted by atomic mass is 9.95. The van der Waals surface area contributed by atoms with Gasteiger partial charge in [0, 0.05) is 50.2 Å². The van der Waals surface area contributed by atoms with E-state index < -0.39 is 0 Å². The molecule has 0 bridgehead atoms. The molecule has 0 spiro atoms. The number of fused-ring (bicyclic) bond motifs is 1. The van der Waals surface area contributed by atoms with Crippen molar-refractivity contribution in [1.82, 2.24) is 15.0 Å². The summed E-state index contributed by atoms with van der Waals surface area (Å²) < 4.78 is 5.42. The van der Waals surface area contributed by atoms with E-state index in [1.54, 1.807) is 6.07 Å². The van der Waals surface area contributed by atoms with Crippen LogP contribution in [0.25, 0.3) is 11.0 Å². The van der Waals surface area contributed by atoms with Crippen molar-refractivity contribution in [1.29, 1.82) is 0 Å². The van der Waals surface area contributed by atoms with Gasteiger partial charge in [-0.3, -0.25) is 4.79 Å². The minimum atomic E-state index is 0.0965. The second-order valence-corrected chi connectivity index (χ2v) is 8.32. The van der Waals surface area contributed by atoms with E-state index in [1.165, 1.54) is 12.8 Å². The van der Waals surface area contributed by atoms with E-state index in [2.05, 4.69) is 22.0 Å². The lowest BCUT2D eigenvalue weighted by molar-refractivity contribution is -0.135. The van der Waals surface area contributed by atoms with Gasteiger partial charge in [-0.15, -0.1) is 0 Å². The highest BCUT2D eigenvalue weighted by Gasteiger charge is 2.30. The summed E-state index contributed by atoms with van der Waals surface area (Å²) in [5.41, 5.74) is 0.743. The lowest BCUT2D eigenvalue weighted by Gasteiger charge is -2.33. The molecule has 0 atom stereocenters. The fraction of sp³-hybridized carbons (Fsp3) is 0.600. The zero-order valence-electron chi connectivity index (χ0n) is 16.0. The number of hydrogen-bond acceptors (Lipinski definition) is 5. The molecule has 2 heterocycles. The van der Waals surface area contributed by atoms with Crippen molar-refractivity contribution in [2.75, 3.05) is 45.2 Å². The van der Waals surface area contributed by atoms with Gasteiger partial charge in [0.15, 0.2) is 11.4 Å². The predicted octanol–water partition coefficient (Wildman–Crippen LogP) is 3.25. The maximum Gasteiger partial charge on any atom is 0.225 e. The summed E-state index contributed by atoms with van der Waals surface area (Å²) in [6.07, 6.45) is 4.29. The van der Waals surface area contributed by atoms with Crippen LogP contribution >= 0.6 is 11.6 Å². The van der Waals surface area contributed by atoms with Crippen LogP contribution in [0.5, 0.6) is 0 Å². The Balaban J connectivity index is 1.32. The molecule has 1 saturated heterocycles. The van der Waals surface area contributed by atoms with Crippen LogP contribution in [0.2, 0.25) is 5.02 Å². The minimum Gasteiger partial charge on any atom is -0.354 e. The second-order valence-electron chi connectivity index (χ2n) is 7.88. The standard InChI is InChI=1S/C20H27ClN4O2/c1-23(16-4-5-16)11-12-24(2)20(26)14-7-9-25(10-8-14)19-17-13-15(21)3-6-18(17)27-22-19/h3,6,13-14,16H,4-5,7-12H2,1-2H3. The zero-order valence-corrected chi connectivity index (χ0v) is 16.8. The average molecular weight is 391 g/mol. The molecule has 1 aromatic carbocycles. The number of anilines is 1. The van der Waals surface area contributed by atoms with E-state index in [0.29, 0.717) is 5.02 Å². The lowest BCUT2D eigenvalue weighted by Crippen LogP contribution is -2.43. The number of amides is 1. The van der Waals surface area contributed by atoms with Crippen LogP contribution in [0.4, 0.5) is 5.82 Å². The van der Waals surface area contributed by atoms with Gasteiger partial charge in [0.25, 0.3) is 0 Å². The molecule has 146 valence electrons. The molecule has 2 fully saturated rings. The van der Waals surface area contributed by atoms with E-state index >= 15 is 0 Å². The molecule has 4 rings (SSSR count). The first-order valence-corrected chi connectivity index (χ1v) is 10.2. The smallest absolute Gasteiger partial charge is 0.225 e. The third-order valence-corrected chi connectivity index (χ3v) is 6.13. The van der Waals surface area contributed by atoms with Gasteiger partial charge in [0.05, 0.1) is 5.39 Å². The van der Waals surface area contributed by atoms with Crippen molar-refractivity contribution < 1.29 is 9.32 Å². The third kappa shape index (κ3) is 4.06. The molecule has 1 aliphatic carbocycles. The van der Waals surface area contributed by atoms with Crippen molar-refractivity contribution in [3.8, 4) is 0 Å². The van der Waals surface area contributed by atoms with E-state index in [9.17, 15) is 4.79 Å². The largest absolute Gasteiger partial charge is 0.354 e. The highest BCUT2D eigenvalue weighted by molar-refractivity contribution is 6.31. The molecule has 0 unspecified atom stereocenters. The first-order chi connectivity index (χ1) is 13.0. The molecule has 1 amide bonds. The number of carbonyl (C=O) groups excluding carboxylic acids is 1. The Morgan fingerprint density at radius 3 is 2.67 bits per heavy atom. The van der Waals surface area contributed by atoms with Gasteiger partial charge in [-0.1, -0.05) is 16.8 Å². The van der Waals surface area contributed by atoms with Crippen molar-refractivity contribution in [3.63, 3.8) is 0 Å². The second kappa shape index (κ2) is 7.68.